The van der Waals surface area contributed by atoms with Crippen LogP contribution in [-0.4, -0.2) is 15.5 Å². The average Bonchev–Trinajstić information content (AvgIpc) is 2.39. The number of hydrogen-bond donors (Lipinski definition) is 3. The molecule has 7 nitrogen and oxygen atoms in total. The van der Waals surface area contributed by atoms with Crippen molar-refractivity contribution in [3.05, 3.63) is 55.8 Å². The molecule has 0 spiro atoms. The Morgan fingerprint density at radius 1 is 1.35 bits per heavy atom. The van der Waals surface area contributed by atoms with E-state index in [1.54, 1.807) is 18.2 Å². The van der Waals surface area contributed by atoms with Crippen LogP contribution < -0.4 is 22.3 Å². The minimum Gasteiger partial charge on any atom is -0.393 e. The van der Waals surface area contributed by atoms with E-state index < -0.39 is 17.2 Å². The van der Waals surface area contributed by atoms with E-state index in [1.807, 2.05) is 11.1 Å². The van der Waals surface area contributed by atoms with Gasteiger partial charge >= 0.3 is 5.69 Å². The van der Waals surface area contributed by atoms with Crippen molar-refractivity contribution in [3.63, 3.8) is 0 Å². The van der Waals surface area contributed by atoms with Gasteiger partial charge in [0.15, 0.2) is 0 Å². The Morgan fingerprint density at radius 3 is 2.75 bits per heavy atom. The Hall–Kier alpha value is -2.35. The van der Waals surface area contributed by atoms with E-state index in [4.69, 9.17) is 5.73 Å². The molecule has 1 aromatic heterocycles. The van der Waals surface area contributed by atoms with Crippen LogP contribution in [0, 0.1) is 0 Å². The first-order chi connectivity index (χ1) is 9.47. The number of nitrogens with two attached hydrogens (primary N) is 1. The number of aromatic amines is 1. The fourth-order valence-electron chi connectivity index (χ4n) is 1.55. The Morgan fingerprint density at radius 2 is 2.05 bits per heavy atom. The number of nitrogen functional groups attached to an aromatic ring is 1. The monoisotopic (exact) mass is 338 g/mol. The smallest absolute Gasteiger partial charge is 0.328 e. The Kier molecular flexibility index (Phi) is 4.04. The molecule has 2 rings (SSSR count). The number of hydrogen-bond acceptors (Lipinski definition) is 4. The van der Waals surface area contributed by atoms with E-state index in [0.717, 1.165) is 15.2 Å². The third-order valence-corrected chi connectivity index (χ3v) is 3.19. The highest BCUT2D eigenvalue weighted by molar-refractivity contribution is 9.10. The summed E-state index contributed by atoms with van der Waals surface area (Å²) in [5.41, 5.74) is 4.50. The van der Waals surface area contributed by atoms with Gasteiger partial charge in [-0.3, -0.25) is 19.1 Å². The summed E-state index contributed by atoms with van der Waals surface area (Å²) in [5, 5.41) is 2.64. The van der Waals surface area contributed by atoms with E-state index in [0.29, 0.717) is 5.69 Å². The number of carbonyl (C=O) groups excluding carboxylic acids is 1. The lowest BCUT2D eigenvalue weighted by atomic mass is 10.3. The summed E-state index contributed by atoms with van der Waals surface area (Å²) in [5.74, 6) is -0.412. The summed E-state index contributed by atoms with van der Waals surface area (Å²) in [7, 11) is 0. The summed E-state index contributed by atoms with van der Waals surface area (Å²) in [4.78, 5) is 36.5. The zero-order chi connectivity index (χ0) is 14.7. The van der Waals surface area contributed by atoms with Gasteiger partial charge in [-0.1, -0.05) is 12.1 Å². The van der Waals surface area contributed by atoms with E-state index in [9.17, 15) is 14.4 Å². The largest absolute Gasteiger partial charge is 0.393 e. The summed E-state index contributed by atoms with van der Waals surface area (Å²) in [6, 6.07) is 7.07. The average molecular weight is 339 g/mol. The molecule has 1 aromatic carbocycles. The molecule has 0 saturated heterocycles. The number of para-hydroxylation sites is 1. The fraction of sp³-hybridized carbons (Fsp3) is 0.0833. The molecular formula is C12H11BrN4O3. The topological polar surface area (TPSA) is 110 Å². The van der Waals surface area contributed by atoms with Gasteiger partial charge in [-0.05, 0) is 28.1 Å². The minimum absolute atomic E-state index is 0.127. The number of benzene rings is 1. The van der Waals surface area contributed by atoms with Crippen LogP contribution in [0.5, 0.6) is 0 Å². The molecule has 1 amide bonds. The summed E-state index contributed by atoms with van der Waals surface area (Å²) < 4.78 is 1.75. The number of H-pyrrole nitrogens is 1. The molecule has 20 heavy (non-hydrogen) atoms. The zero-order valence-corrected chi connectivity index (χ0v) is 11.8. The first-order valence-electron chi connectivity index (χ1n) is 5.61. The van der Waals surface area contributed by atoms with Gasteiger partial charge < -0.3 is 11.1 Å². The van der Waals surface area contributed by atoms with Crippen molar-refractivity contribution < 1.29 is 4.79 Å². The minimum atomic E-state index is -0.688. The van der Waals surface area contributed by atoms with Crippen molar-refractivity contribution in [2.75, 3.05) is 11.1 Å². The lowest BCUT2D eigenvalue weighted by Gasteiger charge is -2.08. The normalized spacial score (nSPS) is 10.2. The number of nitrogens with one attached hydrogen (secondary N) is 2. The number of anilines is 2. The van der Waals surface area contributed by atoms with Gasteiger partial charge in [-0.25, -0.2) is 4.79 Å². The van der Waals surface area contributed by atoms with Gasteiger partial charge in [-0.15, -0.1) is 0 Å². The predicted molar refractivity (Wildman–Crippen MR) is 78.5 cm³/mol. The Balaban J connectivity index is 2.17. The molecule has 0 bridgehead atoms. The zero-order valence-electron chi connectivity index (χ0n) is 10.2. The second-order valence-corrected chi connectivity index (χ2v) is 4.85. The van der Waals surface area contributed by atoms with Crippen LogP contribution in [-0.2, 0) is 11.3 Å². The Labute approximate surface area is 121 Å². The molecule has 2 aromatic rings. The quantitative estimate of drug-likeness (QED) is 0.757. The maximum absolute atomic E-state index is 11.9. The van der Waals surface area contributed by atoms with Crippen molar-refractivity contribution in [2.45, 2.75) is 6.54 Å². The van der Waals surface area contributed by atoms with Crippen LogP contribution >= 0.6 is 15.9 Å². The first-order valence-corrected chi connectivity index (χ1v) is 6.40. The van der Waals surface area contributed by atoms with Gasteiger partial charge in [-0.2, -0.15) is 0 Å². The molecule has 0 radical (unpaired) electrons. The molecular weight excluding hydrogens is 328 g/mol. The first kappa shape index (κ1) is 14.1. The third kappa shape index (κ3) is 3.15. The van der Waals surface area contributed by atoms with Gasteiger partial charge in [0, 0.05) is 10.7 Å². The summed E-state index contributed by atoms with van der Waals surface area (Å²) in [6.45, 7) is -0.249. The number of nitrogens with zero attached hydrogens (tertiary/aromatic N) is 1. The standard InChI is InChI=1S/C12H11BrN4O3/c13-7-3-1-2-4-9(7)15-10(18)6-17-5-8(14)11(19)16-12(17)20/h1-5H,6,14H2,(H,15,18)(H,16,19,20). The van der Waals surface area contributed by atoms with Gasteiger partial charge in [0.25, 0.3) is 5.56 Å². The van der Waals surface area contributed by atoms with Gasteiger partial charge in [0.2, 0.25) is 5.91 Å². The summed E-state index contributed by atoms with van der Waals surface area (Å²) in [6.07, 6.45) is 1.14. The van der Waals surface area contributed by atoms with Crippen LogP contribution in [0.15, 0.2) is 44.5 Å². The van der Waals surface area contributed by atoms with Crippen LogP contribution in [0.2, 0.25) is 0 Å². The lowest BCUT2D eigenvalue weighted by molar-refractivity contribution is -0.116. The predicted octanol–water partition coefficient (Wildman–Crippen LogP) is 0.520. The van der Waals surface area contributed by atoms with Crippen LogP contribution in [0.25, 0.3) is 0 Å². The highest BCUT2D eigenvalue weighted by Crippen LogP contribution is 2.20. The number of halogens is 1. The van der Waals surface area contributed by atoms with E-state index in [2.05, 4.69) is 21.2 Å². The van der Waals surface area contributed by atoms with Crippen molar-refractivity contribution in [1.29, 1.82) is 0 Å². The number of carbonyl (C=O) groups is 1. The van der Waals surface area contributed by atoms with Crippen molar-refractivity contribution in [2.24, 2.45) is 0 Å². The highest BCUT2D eigenvalue weighted by Gasteiger charge is 2.08. The number of rotatable bonds is 3. The molecule has 0 saturated carbocycles. The molecule has 0 aliphatic carbocycles. The molecule has 1 heterocycles. The van der Waals surface area contributed by atoms with E-state index in [1.165, 1.54) is 0 Å². The fourth-order valence-corrected chi connectivity index (χ4v) is 1.93. The molecule has 0 aliphatic rings. The van der Waals surface area contributed by atoms with Crippen molar-refractivity contribution in [1.82, 2.24) is 9.55 Å². The van der Waals surface area contributed by atoms with Crippen LogP contribution in [0.1, 0.15) is 0 Å². The van der Waals surface area contributed by atoms with Crippen molar-refractivity contribution >= 4 is 33.2 Å². The highest BCUT2D eigenvalue weighted by atomic mass is 79.9. The van der Waals surface area contributed by atoms with Crippen molar-refractivity contribution in [3.8, 4) is 0 Å². The van der Waals surface area contributed by atoms with Crippen LogP contribution in [0.4, 0.5) is 11.4 Å². The number of amides is 1. The van der Waals surface area contributed by atoms with E-state index >= 15 is 0 Å². The van der Waals surface area contributed by atoms with Gasteiger partial charge in [0.05, 0.1) is 5.69 Å². The third-order valence-electron chi connectivity index (χ3n) is 2.50. The molecule has 0 aliphatic heterocycles. The van der Waals surface area contributed by atoms with E-state index in [-0.39, 0.29) is 12.2 Å². The second kappa shape index (κ2) is 5.74. The molecule has 0 atom stereocenters. The second-order valence-electron chi connectivity index (χ2n) is 4.00. The maximum atomic E-state index is 11.9. The molecule has 4 N–H and O–H groups in total. The summed E-state index contributed by atoms with van der Waals surface area (Å²) >= 11 is 3.30. The molecule has 104 valence electrons. The van der Waals surface area contributed by atoms with Gasteiger partial charge in [0.1, 0.15) is 12.2 Å². The lowest BCUT2D eigenvalue weighted by Crippen LogP contribution is -2.34. The molecule has 8 heteroatoms. The molecule has 0 unspecified atom stereocenters. The molecule has 0 fully saturated rings. The van der Waals surface area contributed by atoms with Crippen LogP contribution in [0.3, 0.4) is 0 Å². The SMILES string of the molecule is Nc1cn(CC(=O)Nc2ccccc2Br)c(=O)[nH]c1=O. The number of aromatic nitrogens is 2. The Bertz CT molecular complexity index is 766. The maximum Gasteiger partial charge on any atom is 0.328 e.